The van der Waals surface area contributed by atoms with E-state index in [1.807, 2.05) is 0 Å². The van der Waals surface area contributed by atoms with E-state index in [9.17, 15) is 14.4 Å². The van der Waals surface area contributed by atoms with Gasteiger partial charge in [-0.25, -0.2) is 0 Å². The smallest absolute Gasteiger partial charge is 0.324 e. The maximum atomic E-state index is 10.2. The summed E-state index contributed by atoms with van der Waals surface area (Å²) in [5.74, 6) is -1.09. The summed E-state index contributed by atoms with van der Waals surface area (Å²) in [4.78, 5) is 30.5. The lowest BCUT2D eigenvalue weighted by Gasteiger charge is -1.98. The first-order valence-electron chi connectivity index (χ1n) is 5.22. The molecule has 0 unspecified atom stereocenters. The van der Waals surface area contributed by atoms with E-state index in [-0.39, 0.29) is 11.1 Å². The molecule has 0 saturated heterocycles. The van der Waals surface area contributed by atoms with Gasteiger partial charge in [-0.15, -0.1) is 0 Å². The summed E-state index contributed by atoms with van der Waals surface area (Å²) in [7, 11) is 0. The molecule has 0 amide bonds. The van der Waals surface area contributed by atoms with E-state index in [1.165, 1.54) is 24.5 Å². The molecule has 1 aromatic heterocycles. The van der Waals surface area contributed by atoms with Crippen LogP contribution in [0.15, 0.2) is 34.1 Å². The molecule has 0 aliphatic heterocycles. The fourth-order valence-electron chi connectivity index (χ4n) is 0.717. The highest BCUT2D eigenvalue weighted by Crippen LogP contribution is 1.83. The molecule has 9 heteroatoms. The molecule has 0 bridgehead atoms. The Morgan fingerprint density at radius 2 is 1.89 bits per heavy atom. The van der Waals surface area contributed by atoms with Gasteiger partial charge in [0.2, 0.25) is 0 Å². The van der Waals surface area contributed by atoms with Crippen molar-refractivity contribution in [1.82, 2.24) is 10.2 Å². The Balaban J connectivity index is 0.000000356. The fraction of sp³-hybridized carbons (Fsp3) is 0.300. The molecule has 7 N–H and O–H groups in total. The molecule has 0 aromatic carbocycles. The number of aliphatic carboxylic acids is 1. The molecule has 106 valence electrons. The van der Waals surface area contributed by atoms with Crippen LogP contribution >= 0.6 is 0 Å². The number of ether oxygens (including phenoxy) is 1. The molecule has 0 spiro atoms. The van der Waals surface area contributed by atoms with Crippen LogP contribution in [0.1, 0.15) is 0 Å². The third-order valence-electron chi connectivity index (χ3n) is 1.60. The molecular formula is C10H16N4O5. The molecule has 1 rings (SSSR count). The maximum Gasteiger partial charge on any atom is 0.324 e. The molecule has 1 aromatic rings. The summed E-state index contributed by atoms with van der Waals surface area (Å²) in [5, 5.41) is 12.5. The van der Waals surface area contributed by atoms with Gasteiger partial charge < -0.3 is 21.3 Å². The second-order valence-corrected chi connectivity index (χ2v) is 3.16. The Morgan fingerprint density at radius 1 is 1.37 bits per heavy atom. The van der Waals surface area contributed by atoms with Crippen molar-refractivity contribution in [3.63, 3.8) is 0 Å². The summed E-state index contributed by atoms with van der Waals surface area (Å²) in [6, 6.07) is 1.32. The Hall–Kier alpha value is -2.39. The highest BCUT2D eigenvalue weighted by molar-refractivity contribution is 5.75. The maximum absolute atomic E-state index is 10.2. The summed E-state index contributed by atoms with van der Waals surface area (Å²) >= 11 is 0. The van der Waals surface area contributed by atoms with Gasteiger partial charge in [0.1, 0.15) is 6.04 Å². The van der Waals surface area contributed by atoms with E-state index in [4.69, 9.17) is 21.3 Å². The lowest BCUT2D eigenvalue weighted by Crippen LogP contribution is -2.27. The van der Waals surface area contributed by atoms with Crippen LogP contribution in [0.4, 0.5) is 0 Å². The van der Waals surface area contributed by atoms with Crippen LogP contribution in [0.5, 0.6) is 0 Å². The molecule has 1 heterocycles. The van der Waals surface area contributed by atoms with Gasteiger partial charge >= 0.3 is 5.97 Å². The average molecular weight is 272 g/mol. The average Bonchev–Trinajstić information content (AvgIpc) is 2.38. The van der Waals surface area contributed by atoms with Gasteiger partial charge in [-0.3, -0.25) is 24.6 Å². The molecule has 19 heavy (non-hydrogen) atoms. The van der Waals surface area contributed by atoms with E-state index >= 15 is 0 Å². The van der Waals surface area contributed by atoms with Crippen LogP contribution < -0.4 is 22.6 Å². The molecule has 9 nitrogen and oxygen atoms in total. The van der Waals surface area contributed by atoms with Gasteiger partial charge in [0.25, 0.3) is 11.1 Å². The van der Waals surface area contributed by atoms with Crippen molar-refractivity contribution in [2.75, 3.05) is 13.2 Å². The number of hydrogen-bond donors (Lipinski definition) is 5. The number of aromatic amines is 2. The van der Waals surface area contributed by atoms with Crippen LogP contribution in [-0.2, 0) is 9.53 Å². The number of nitrogens with one attached hydrogen (secondary N) is 2. The number of hydrogen-bond acceptors (Lipinski definition) is 6. The SMILES string of the molecule is NCCO/C=C/[C@H](N)C(=O)O.O=c1ccc(=O)[nH][nH]1. The van der Waals surface area contributed by atoms with E-state index in [0.717, 1.165) is 0 Å². The zero-order valence-electron chi connectivity index (χ0n) is 10.0. The summed E-state index contributed by atoms with van der Waals surface area (Å²) in [6.45, 7) is 0.759. The van der Waals surface area contributed by atoms with E-state index in [2.05, 4.69) is 10.2 Å². The summed E-state index contributed by atoms with van der Waals surface area (Å²) in [5.41, 5.74) is 9.60. The second kappa shape index (κ2) is 9.62. The lowest BCUT2D eigenvalue weighted by molar-refractivity contribution is -0.137. The van der Waals surface area contributed by atoms with Gasteiger partial charge in [-0.1, -0.05) is 0 Å². The monoisotopic (exact) mass is 272 g/mol. The molecule has 0 radical (unpaired) electrons. The normalized spacial score (nSPS) is 11.5. The number of H-pyrrole nitrogens is 2. The molecule has 0 fully saturated rings. The Morgan fingerprint density at radius 3 is 2.26 bits per heavy atom. The summed E-state index contributed by atoms with van der Waals surface area (Å²) < 4.78 is 4.75. The predicted molar refractivity (Wildman–Crippen MR) is 67.4 cm³/mol. The largest absolute Gasteiger partial charge is 0.500 e. The quantitative estimate of drug-likeness (QED) is 0.304. The molecule has 1 atom stereocenters. The van der Waals surface area contributed by atoms with E-state index in [1.54, 1.807) is 0 Å². The van der Waals surface area contributed by atoms with Crippen LogP contribution in [0.25, 0.3) is 0 Å². The van der Waals surface area contributed by atoms with Crippen molar-refractivity contribution in [2.24, 2.45) is 11.5 Å². The van der Waals surface area contributed by atoms with Crippen molar-refractivity contribution in [1.29, 1.82) is 0 Å². The number of carboxylic acids is 1. The van der Waals surface area contributed by atoms with Gasteiger partial charge in [0.05, 0.1) is 12.9 Å². The zero-order chi connectivity index (χ0) is 14.7. The minimum atomic E-state index is -1.09. The van der Waals surface area contributed by atoms with E-state index < -0.39 is 12.0 Å². The number of aromatic nitrogens is 2. The van der Waals surface area contributed by atoms with Crippen LogP contribution in [0.2, 0.25) is 0 Å². The van der Waals surface area contributed by atoms with Crippen molar-refractivity contribution >= 4 is 5.97 Å². The highest BCUT2D eigenvalue weighted by Gasteiger charge is 2.05. The van der Waals surface area contributed by atoms with Crippen molar-refractivity contribution in [3.8, 4) is 0 Å². The molecule has 0 aliphatic rings. The van der Waals surface area contributed by atoms with Crippen LogP contribution in [0, 0.1) is 0 Å². The third kappa shape index (κ3) is 9.32. The Labute approximate surface area is 107 Å². The number of rotatable bonds is 5. The highest BCUT2D eigenvalue weighted by atomic mass is 16.5. The van der Waals surface area contributed by atoms with Gasteiger partial charge in [0, 0.05) is 18.7 Å². The molecular weight excluding hydrogens is 256 g/mol. The third-order valence-corrected chi connectivity index (χ3v) is 1.60. The van der Waals surface area contributed by atoms with Crippen molar-refractivity contribution in [2.45, 2.75) is 6.04 Å². The van der Waals surface area contributed by atoms with Crippen molar-refractivity contribution in [3.05, 3.63) is 45.2 Å². The number of carbonyl (C=O) groups is 1. The predicted octanol–water partition coefficient (Wildman–Crippen LogP) is -2.05. The fourth-order valence-corrected chi connectivity index (χ4v) is 0.717. The first-order valence-corrected chi connectivity index (χ1v) is 5.22. The standard InChI is InChI=1S/C6H12N2O3.C4H4N2O2/c7-2-4-11-3-1-5(8)6(9)10;7-3-1-2-4(8)6-5-3/h1,3,5H,2,4,7-8H2,(H,9,10);1-2H,(H,5,7)(H,6,8)/b3-1+;/t5-;/m0./s1. The van der Waals surface area contributed by atoms with Gasteiger partial charge in [-0.2, -0.15) is 0 Å². The number of carboxylic acid groups (broad SMARTS) is 1. The molecule has 0 saturated carbocycles. The van der Waals surface area contributed by atoms with Gasteiger partial charge in [-0.05, 0) is 6.08 Å². The molecule has 0 aliphatic carbocycles. The minimum Gasteiger partial charge on any atom is -0.500 e. The lowest BCUT2D eigenvalue weighted by atomic mass is 10.3. The van der Waals surface area contributed by atoms with Crippen molar-refractivity contribution < 1.29 is 14.6 Å². The Bertz CT molecular complexity index is 455. The topological polar surface area (TPSA) is 164 Å². The first kappa shape index (κ1) is 16.6. The summed E-state index contributed by atoms with van der Waals surface area (Å²) in [6.07, 6.45) is 2.49. The van der Waals surface area contributed by atoms with E-state index in [0.29, 0.717) is 13.2 Å². The minimum absolute atomic E-state index is 0.301. The van der Waals surface area contributed by atoms with Gasteiger partial charge in [0.15, 0.2) is 0 Å². The zero-order valence-corrected chi connectivity index (χ0v) is 10.0. The first-order chi connectivity index (χ1) is 8.97. The number of nitrogens with two attached hydrogens (primary N) is 2. The second-order valence-electron chi connectivity index (χ2n) is 3.16. The Kier molecular flexibility index (Phi) is 8.41. The van der Waals surface area contributed by atoms with Crippen LogP contribution in [0.3, 0.4) is 0 Å². The van der Waals surface area contributed by atoms with Crippen LogP contribution in [-0.4, -0.2) is 40.5 Å².